The summed E-state index contributed by atoms with van der Waals surface area (Å²) in [5.41, 5.74) is 4.05. The second-order valence-electron chi connectivity index (χ2n) is 4.46. The largest absolute Gasteiger partial charge is 0.313 e. The van der Waals surface area contributed by atoms with Crippen LogP contribution in [0, 0.1) is 13.8 Å². The molecule has 0 amide bonds. The second kappa shape index (κ2) is 6.13. The van der Waals surface area contributed by atoms with Gasteiger partial charge in [-0.3, -0.25) is 0 Å². The molecule has 0 aliphatic carbocycles. The first-order valence-electron chi connectivity index (χ1n) is 6.43. The van der Waals surface area contributed by atoms with Crippen LogP contribution in [0.25, 0.3) is 11.4 Å². The van der Waals surface area contributed by atoms with E-state index in [1.807, 2.05) is 38.1 Å². The first-order chi connectivity index (χ1) is 9.13. The maximum absolute atomic E-state index is 6.19. The molecule has 0 fully saturated rings. The zero-order valence-corrected chi connectivity index (χ0v) is 12.3. The van der Waals surface area contributed by atoms with E-state index in [4.69, 9.17) is 11.6 Å². The van der Waals surface area contributed by atoms with Crippen LogP contribution in [-0.4, -0.2) is 16.5 Å². The summed E-state index contributed by atoms with van der Waals surface area (Å²) in [5, 5.41) is 3.99. The number of hydrogen-bond acceptors (Lipinski definition) is 3. The number of hydrogen-bond donors (Lipinski definition) is 1. The predicted octanol–water partition coefficient (Wildman–Crippen LogP) is 3.52. The Morgan fingerprint density at radius 1 is 1.11 bits per heavy atom. The fourth-order valence-corrected chi connectivity index (χ4v) is 2.23. The van der Waals surface area contributed by atoms with E-state index in [9.17, 15) is 0 Å². The van der Waals surface area contributed by atoms with Crippen molar-refractivity contribution in [1.29, 1.82) is 0 Å². The van der Waals surface area contributed by atoms with Crippen molar-refractivity contribution < 1.29 is 0 Å². The zero-order chi connectivity index (χ0) is 13.8. The topological polar surface area (TPSA) is 37.8 Å². The molecule has 0 aliphatic heterocycles. The Kier molecular flexibility index (Phi) is 4.51. The fourth-order valence-electron chi connectivity index (χ4n) is 2.01. The smallest absolute Gasteiger partial charge is 0.161 e. The van der Waals surface area contributed by atoms with Gasteiger partial charge in [0.1, 0.15) is 0 Å². The average molecular weight is 276 g/mol. The van der Waals surface area contributed by atoms with Gasteiger partial charge in [0.2, 0.25) is 0 Å². The van der Waals surface area contributed by atoms with Gasteiger partial charge in [0.05, 0.1) is 5.02 Å². The van der Waals surface area contributed by atoms with E-state index in [2.05, 4.69) is 22.2 Å². The molecule has 0 atom stereocenters. The minimum absolute atomic E-state index is 0.681. The Morgan fingerprint density at radius 3 is 2.32 bits per heavy atom. The lowest BCUT2D eigenvalue weighted by Gasteiger charge is -2.11. The lowest BCUT2D eigenvalue weighted by molar-refractivity contribution is 0.711. The van der Waals surface area contributed by atoms with Crippen molar-refractivity contribution >= 4 is 11.6 Å². The number of rotatable bonds is 4. The van der Waals surface area contributed by atoms with Gasteiger partial charge in [-0.25, -0.2) is 9.97 Å². The molecular formula is C15H18ClN3. The van der Waals surface area contributed by atoms with E-state index < -0.39 is 0 Å². The van der Waals surface area contributed by atoms with Crippen molar-refractivity contribution in [3.63, 3.8) is 0 Å². The van der Waals surface area contributed by atoms with Gasteiger partial charge < -0.3 is 5.32 Å². The molecule has 0 spiro atoms. The van der Waals surface area contributed by atoms with Crippen LogP contribution >= 0.6 is 11.6 Å². The summed E-state index contributed by atoms with van der Waals surface area (Å²) in [7, 11) is 0. The molecule has 2 rings (SSSR count). The maximum Gasteiger partial charge on any atom is 0.161 e. The van der Waals surface area contributed by atoms with Gasteiger partial charge in [0.15, 0.2) is 5.82 Å². The highest BCUT2D eigenvalue weighted by atomic mass is 35.5. The number of nitrogens with zero attached hydrogens (tertiary/aromatic N) is 2. The van der Waals surface area contributed by atoms with Gasteiger partial charge >= 0.3 is 0 Å². The van der Waals surface area contributed by atoms with Gasteiger partial charge in [0.25, 0.3) is 0 Å². The lowest BCUT2D eigenvalue weighted by atomic mass is 10.1. The van der Waals surface area contributed by atoms with E-state index in [1.165, 1.54) is 0 Å². The minimum Gasteiger partial charge on any atom is -0.313 e. The summed E-state index contributed by atoms with van der Waals surface area (Å²) < 4.78 is 0. The molecule has 1 aromatic carbocycles. The van der Waals surface area contributed by atoms with Gasteiger partial charge in [-0.2, -0.15) is 0 Å². The molecular weight excluding hydrogens is 258 g/mol. The Balaban J connectivity index is 2.43. The first-order valence-corrected chi connectivity index (χ1v) is 6.81. The SMILES string of the molecule is CCNCc1c(C)nc(-c2ccccc2Cl)nc1C. The lowest BCUT2D eigenvalue weighted by Crippen LogP contribution is -2.15. The Morgan fingerprint density at radius 2 is 1.74 bits per heavy atom. The summed E-state index contributed by atoms with van der Waals surface area (Å²) in [6.45, 7) is 7.86. The second-order valence-corrected chi connectivity index (χ2v) is 4.86. The quantitative estimate of drug-likeness (QED) is 0.928. The van der Waals surface area contributed by atoms with Crippen molar-refractivity contribution in [3.05, 3.63) is 46.2 Å². The Labute approximate surface area is 119 Å². The Bertz CT molecular complexity index is 558. The van der Waals surface area contributed by atoms with E-state index >= 15 is 0 Å². The molecule has 0 radical (unpaired) electrons. The summed E-state index contributed by atoms with van der Waals surface area (Å²) in [4.78, 5) is 9.16. The third-order valence-corrected chi connectivity index (χ3v) is 3.42. The maximum atomic E-state index is 6.19. The van der Waals surface area contributed by atoms with Crippen LogP contribution in [0.15, 0.2) is 24.3 Å². The highest BCUT2D eigenvalue weighted by Gasteiger charge is 2.11. The fraction of sp³-hybridized carbons (Fsp3) is 0.333. The summed E-state index contributed by atoms with van der Waals surface area (Å²) in [6, 6.07) is 7.66. The van der Waals surface area contributed by atoms with Gasteiger partial charge in [0, 0.05) is 29.1 Å². The zero-order valence-electron chi connectivity index (χ0n) is 11.5. The van der Waals surface area contributed by atoms with Gasteiger partial charge in [-0.15, -0.1) is 0 Å². The third kappa shape index (κ3) is 3.11. The van der Waals surface area contributed by atoms with Crippen LogP contribution in [0.3, 0.4) is 0 Å². The highest BCUT2D eigenvalue weighted by Crippen LogP contribution is 2.25. The predicted molar refractivity (Wildman–Crippen MR) is 79.3 cm³/mol. The molecule has 100 valence electrons. The van der Waals surface area contributed by atoms with E-state index in [0.717, 1.165) is 35.6 Å². The molecule has 3 nitrogen and oxygen atoms in total. The number of aromatic nitrogens is 2. The van der Waals surface area contributed by atoms with E-state index in [1.54, 1.807) is 0 Å². The average Bonchev–Trinajstić information content (AvgIpc) is 2.38. The van der Waals surface area contributed by atoms with Crippen LogP contribution in [0.4, 0.5) is 0 Å². The van der Waals surface area contributed by atoms with E-state index in [-0.39, 0.29) is 0 Å². The first kappa shape index (κ1) is 14.0. The van der Waals surface area contributed by atoms with Crippen LogP contribution in [0.5, 0.6) is 0 Å². The summed E-state index contributed by atoms with van der Waals surface area (Å²) in [5.74, 6) is 0.695. The monoisotopic (exact) mass is 275 g/mol. The number of halogens is 1. The minimum atomic E-state index is 0.681. The molecule has 0 aliphatic rings. The van der Waals surface area contributed by atoms with Gasteiger partial charge in [-0.05, 0) is 32.5 Å². The molecule has 1 aromatic heterocycles. The summed E-state index contributed by atoms with van der Waals surface area (Å²) in [6.07, 6.45) is 0. The van der Waals surface area contributed by atoms with Crippen molar-refractivity contribution in [2.45, 2.75) is 27.3 Å². The van der Waals surface area contributed by atoms with Crippen LogP contribution in [0.2, 0.25) is 5.02 Å². The molecule has 19 heavy (non-hydrogen) atoms. The van der Waals surface area contributed by atoms with Crippen LogP contribution in [0.1, 0.15) is 23.9 Å². The highest BCUT2D eigenvalue weighted by molar-refractivity contribution is 6.33. The molecule has 0 bridgehead atoms. The van der Waals surface area contributed by atoms with Crippen molar-refractivity contribution in [3.8, 4) is 11.4 Å². The Hall–Kier alpha value is -1.45. The van der Waals surface area contributed by atoms with Crippen LogP contribution in [-0.2, 0) is 6.54 Å². The molecule has 0 unspecified atom stereocenters. The molecule has 1 heterocycles. The molecule has 0 saturated heterocycles. The number of aryl methyl sites for hydroxylation is 2. The molecule has 0 saturated carbocycles. The van der Waals surface area contributed by atoms with Crippen molar-refractivity contribution in [2.24, 2.45) is 0 Å². The van der Waals surface area contributed by atoms with Crippen molar-refractivity contribution in [2.75, 3.05) is 6.54 Å². The van der Waals surface area contributed by atoms with E-state index in [0.29, 0.717) is 10.8 Å². The standard InChI is InChI=1S/C15H18ClN3/c1-4-17-9-13-10(2)18-15(19-11(13)3)12-7-5-6-8-14(12)16/h5-8,17H,4,9H2,1-3H3. The molecule has 2 aromatic rings. The molecule has 4 heteroatoms. The van der Waals surface area contributed by atoms with Gasteiger partial charge in [-0.1, -0.05) is 30.7 Å². The third-order valence-electron chi connectivity index (χ3n) is 3.09. The summed E-state index contributed by atoms with van der Waals surface area (Å²) >= 11 is 6.19. The normalized spacial score (nSPS) is 10.7. The molecule has 1 N–H and O–H groups in total. The number of nitrogens with one attached hydrogen (secondary N) is 1. The van der Waals surface area contributed by atoms with Crippen LogP contribution < -0.4 is 5.32 Å². The number of benzene rings is 1. The van der Waals surface area contributed by atoms with Crippen molar-refractivity contribution in [1.82, 2.24) is 15.3 Å².